The van der Waals surface area contributed by atoms with Crippen molar-refractivity contribution < 1.29 is 19.8 Å². The molecule has 0 heterocycles. The van der Waals surface area contributed by atoms with Crippen LogP contribution >= 0.6 is 0 Å². The number of hydrogen-bond donors (Lipinski definition) is 3. The van der Waals surface area contributed by atoms with Gasteiger partial charge in [0.2, 0.25) is 5.91 Å². The summed E-state index contributed by atoms with van der Waals surface area (Å²) in [5.41, 5.74) is 0.186. The van der Waals surface area contributed by atoms with E-state index < -0.39 is 5.97 Å². The number of carboxylic acids is 1. The summed E-state index contributed by atoms with van der Waals surface area (Å²) in [6, 6.07) is 4.02. The Bertz CT molecular complexity index is 494. The fraction of sp³-hybridized carbons (Fsp3) is 0.429. The first-order valence-corrected chi connectivity index (χ1v) is 6.42. The topological polar surface area (TPSA) is 86.6 Å². The molecule has 1 fully saturated rings. The highest BCUT2D eigenvalue weighted by Gasteiger charge is 2.18. The van der Waals surface area contributed by atoms with E-state index in [-0.39, 0.29) is 17.2 Å². The molecule has 1 aromatic rings. The summed E-state index contributed by atoms with van der Waals surface area (Å²) in [7, 11) is 0. The highest BCUT2D eigenvalue weighted by Crippen LogP contribution is 2.30. The molecule has 0 saturated heterocycles. The third-order valence-electron chi connectivity index (χ3n) is 3.52. The Morgan fingerprint density at radius 3 is 2.63 bits per heavy atom. The van der Waals surface area contributed by atoms with Crippen molar-refractivity contribution in [3.05, 3.63) is 23.8 Å². The maximum atomic E-state index is 11.7. The van der Waals surface area contributed by atoms with Crippen LogP contribution in [-0.4, -0.2) is 22.1 Å². The molecule has 1 aliphatic rings. The van der Waals surface area contributed by atoms with E-state index in [4.69, 9.17) is 5.11 Å². The molecular weight excluding hydrogens is 246 g/mol. The molecule has 19 heavy (non-hydrogen) atoms. The molecule has 3 N–H and O–H groups in total. The van der Waals surface area contributed by atoms with E-state index in [1.54, 1.807) is 0 Å². The minimum atomic E-state index is -1.22. The summed E-state index contributed by atoms with van der Waals surface area (Å²) in [6.45, 7) is 0. The van der Waals surface area contributed by atoms with Crippen LogP contribution in [0.4, 0.5) is 5.69 Å². The van der Waals surface area contributed by atoms with E-state index in [1.807, 2.05) is 0 Å². The Kier molecular flexibility index (Phi) is 4.04. The minimum Gasteiger partial charge on any atom is -0.507 e. The van der Waals surface area contributed by atoms with Crippen LogP contribution in [0.1, 0.15) is 42.5 Å². The second-order valence-corrected chi connectivity index (χ2v) is 4.92. The molecule has 0 spiro atoms. The zero-order chi connectivity index (χ0) is 13.8. The summed E-state index contributed by atoms with van der Waals surface area (Å²) < 4.78 is 0. The van der Waals surface area contributed by atoms with Crippen molar-refractivity contribution in [1.29, 1.82) is 0 Å². The molecule has 0 unspecified atom stereocenters. The number of rotatable bonds is 5. The van der Waals surface area contributed by atoms with Crippen molar-refractivity contribution >= 4 is 17.6 Å². The van der Waals surface area contributed by atoms with Gasteiger partial charge in [-0.2, -0.15) is 0 Å². The largest absolute Gasteiger partial charge is 0.507 e. The van der Waals surface area contributed by atoms with Crippen LogP contribution < -0.4 is 5.32 Å². The second kappa shape index (κ2) is 5.73. The molecule has 1 aliphatic carbocycles. The fourth-order valence-electron chi connectivity index (χ4n) is 2.13. The zero-order valence-corrected chi connectivity index (χ0v) is 10.6. The minimum absolute atomic E-state index is 0.117. The first-order chi connectivity index (χ1) is 9.06. The van der Waals surface area contributed by atoms with Crippen molar-refractivity contribution in [1.82, 2.24) is 0 Å². The van der Waals surface area contributed by atoms with Crippen molar-refractivity contribution in [2.75, 3.05) is 5.32 Å². The van der Waals surface area contributed by atoms with Crippen LogP contribution in [0.3, 0.4) is 0 Å². The number of carbonyl (C=O) groups excluding carboxylic acids is 1. The van der Waals surface area contributed by atoms with Gasteiger partial charge in [0.15, 0.2) is 0 Å². The van der Waals surface area contributed by atoms with Crippen molar-refractivity contribution in [3.8, 4) is 5.75 Å². The summed E-state index contributed by atoms with van der Waals surface area (Å²) >= 11 is 0. The van der Waals surface area contributed by atoms with Crippen LogP contribution in [0.2, 0.25) is 0 Å². The van der Waals surface area contributed by atoms with Gasteiger partial charge < -0.3 is 15.5 Å². The lowest BCUT2D eigenvalue weighted by Gasteiger charge is -2.24. The Balaban J connectivity index is 1.92. The number of aromatic hydroxyl groups is 1. The van der Waals surface area contributed by atoms with Gasteiger partial charge in [-0.25, -0.2) is 4.79 Å². The SMILES string of the molecule is O=C(CCC1CCC1)Nc1ccc(O)c(C(=O)O)c1. The lowest BCUT2D eigenvalue weighted by Crippen LogP contribution is -2.17. The predicted molar refractivity (Wildman–Crippen MR) is 70.3 cm³/mol. The normalized spacial score (nSPS) is 14.7. The van der Waals surface area contributed by atoms with Gasteiger partial charge in [-0.3, -0.25) is 4.79 Å². The molecule has 0 bridgehead atoms. The lowest BCUT2D eigenvalue weighted by atomic mass is 9.82. The molecule has 5 heteroatoms. The summed E-state index contributed by atoms with van der Waals surface area (Å²) in [4.78, 5) is 22.6. The van der Waals surface area contributed by atoms with Gasteiger partial charge >= 0.3 is 5.97 Å². The van der Waals surface area contributed by atoms with Crippen molar-refractivity contribution in [2.24, 2.45) is 5.92 Å². The first-order valence-electron chi connectivity index (χ1n) is 6.42. The van der Waals surface area contributed by atoms with Gasteiger partial charge in [0, 0.05) is 12.1 Å². The smallest absolute Gasteiger partial charge is 0.339 e. The van der Waals surface area contributed by atoms with Crippen LogP contribution in [0.25, 0.3) is 0 Å². The van der Waals surface area contributed by atoms with Crippen LogP contribution in [0, 0.1) is 5.92 Å². The molecule has 2 rings (SSSR count). The average molecular weight is 263 g/mol. The first kappa shape index (κ1) is 13.4. The number of amides is 1. The van der Waals surface area contributed by atoms with E-state index in [9.17, 15) is 14.7 Å². The Hall–Kier alpha value is -2.04. The number of hydrogen-bond acceptors (Lipinski definition) is 3. The molecule has 1 aromatic carbocycles. The molecule has 102 valence electrons. The summed E-state index contributed by atoms with van der Waals surface area (Å²) in [5.74, 6) is -0.975. The highest BCUT2D eigenvalue weighted by molar-refractivity contribution is 5.95. The van der Waals surface area contributed by atoms with E-state index in [2.05, 4.69) is 5.32 Å². The lowest BCUT2D eigenvalue weighted by molar-refractivity contribution is -0.116. The molecule has 1 amide bonds. The summed E-state index contributed by atoms with van der Waals surface area (Å²) in [6.07, 6.45) is 5.00. The maximum absolute atomic E-state index is 11.7. The Labute approximate surface area is 111 Å². The van der Waals surface area contributed by atoms with E-state index in [0.29, 0.717) is 18.0 Å². The van der Waals surface area contributed by atoms with Crippen LogP contribution in [0.5, 0.6) is 5.75 Å². The van der Waals surface area contributed by atoms with Gasteiger partial charge in [-0.05, 0) is 30.5 Å². The Morgan fingerprint density at radius 1 is 1.32 bits per heavy atom. The van der Waals surface area contributed by atoms with Crippen LogP contribution in [-0.2, 0) is 4.79 Å². The molecule has 0 radical (unpaired) electrons. The number of carbonyl (C=O) groups is 2. The Morgan fingerprint density at radius 2 is 2.05 bits per heavy atom. The third-order valence-corrected chi connectivity index (χ3v) is 3.52. The van der Waals surface area contributed by atoms with E-state index >= 15 is 0 Å². The zero-order valence-electron chi connectivity index (χ0n) is 10.6. The van der Waals surface area contributed by atoms with Gasteiger partial charge in [-0.1, -0.05) is 19.3 Å². The second-order valence-electron chi connectivity index (χ2n) is 4.92. The number of nitrogens with one attached hydrogen (secondary N) is 1. The molecule has 5 nitrogen and oxygen atoms in total. The third kappa shape index (κ3) is 3.47. The number of anilines is 1. The fourth-order valence-corrected chi connectivity index (χ4v) is 2.13. The average Bonchev–Trinajstić information content (AvgIpc) is 2.29. The number of aromatic carboxylic acids is 1. The van der Waals surface area contributed by atoms with E-state index in [0.717, 1.165) is 6.42 Å². The van der Waals surface area contributed by atoms with Gasteiger partial charge in [0.1, 0.15) is 11.3 Å². The monoisotopic (exact) mass is 263 g/mol. The van der Waals surface area contributed by atoms with Crippen LogP contribution in [0.15, 0.2) is 18.2 Å². The molecule has 0 aromatic heterocycles. The predicted octanol–water partition coefficient (Wildman–Crippen LogP) is 2.61. The van der Waals surface area contributed by atoms with Crippen molar-refractivity contribution in [2.45, 2.75) is 32.1 Å². The van der Waals surface area contributed by atoms with Gasteiger partial charge in [0.25, 0.3) is 0 Å². The van der Waals surface area contributed by atoms with Gasteiger partial charge in [0.05, 0.1) is 0 Å². The molecule has 0 atom stereocenters. The molecule has 0 aliphatic heterocycles. The summed E-state index contributed by atoms with van der Waals surface area (Å²) in [5, 5.41) is 20.9. The maximum Gasteiger partial charge on any atom is 0.339 e. The molecular formula is C14H17NO4. The highest BCUT2D eigenvalue weighted by atomic mass is 16.4. The quantitative estimate of drug-likeness (QED) is 0.713. The number of phenols is 1. The number of carboxylic acid groups (broad SMARTS) is 1. The standard InChI is InChI=1S/C14H17NO4/c16-12-6-5-10(8-11(12)14(18)19)15-13(17)7-4-9-2-1-3-9/h5-6,8-9,16H,1-4,7H2,(H,15,17)(H,18,19). The van der Waals surface area contributed by atoms with Crippen molar-refractivity contribution in [3.63, 3.8) is 0 Å². The van der Waals surface area contributed by atoms with Gasteiger partial charge in [-0.15, -0.1) is 0 Å². The molecule has 1 saturated carbocycles. The van der Waals surface area contributed by atoms with E-state index in [1.165, 1.54) is 37.5 Å². The number of benzene rings is 1.